The van der Waals surface area contributed by atoms with Crippen molar-refractivity contribution in [3.63, 3.8) is 0 Å². The number of rotatable bonds is 3. The fourth-order valence-corrected chi connectivity index (χ4v) is 1.09. The van der Waals surface area contributed by atoms with E-state index in [9.17, 15) is 9.18 Å². The van der Waals surface area contributed by atoms with E-state index in [1.54, 1.807) is 6.92 Å². The molecule has 1 aromatic rings. The fraction of sp³-hybridized carbons (Fsp3) is 0.300. The van der Waals surface area contributed by atoms with Crippen LogP contribution in [-0.2, 0) is 0 Å². The summed E-state index contributed by atoms with van der Waals surface area (Å²) in [6.45, 7) is 3.40. The molecule has 0 saturated carbocycles. The van der Waals surface area contributed by atoms with Gasteiger partial charge in [-0.2, -0.15) is 0 Å². The number of carbonyl (C=O) groups is 1. The average molecular weight is 198 g/mol. The highest BCUT2D eigenvalue weighted by atomic mass is 19.1. The van der Waals surface area contributed by atoms with Crippen molar-refractivity contribution in [3.8, 4) is 11.5 Å². The van der Waals surface area contributed by atoms with Gasteiger partial charge in [0.2, 0.25) is 0 Å². The second kappa shape index (κ2) is 4.09. The average Bonchev–Trinajstić information content (AvgIpc) is 2.11. The van der Waals surface area contributed by atoms with E-state index < -0.39 is 11.6 Å². The van der Waals surface area contributed by atoms with Crippen molar-refractivity contribution in [2.24, 2.45) is 0 Å². The number of benzene rings is 1. The highest BCUT2D eigenvalue weighted by Crippen LogP contribution is 2.27. The van der Waals surface area contributed by atoms with Gasteiger partial charge in [0, 0.05) is 6.07 Å². The van der Waals surface area contributed by atoms with Crippen LogP contribution in [-0.4, -0.2) is 17.5 Å². The number of phenols is 1. The van der Waals surface area contributed by atoms with Crippen LogP contribution in [0.3, 0.4) is 0 Å². The Hall–Kier alpha value is -1.58. The molecule has 0 aliphatic carbocycles. The van der Waals surface area contributed by atoms with Gasteiger partial charge >= 0.3 is 0 Å². The Morgan fingerprint density at radius 2 is 2.21 bits per heavy atom. The molecule has 1 rings (SSSR count). The van der Waals surface area contributed by atoms with E-state index in [1.807, 2.05) is 0 Å². The predicted octanol–water partition coefficient (Wildman–Crippen LogP) is 2.13. The van der Waals surface area contributed by atoms with Gasteiger partial charge < -0.3 is 9.84 Å². The first-order valence-corrected chi connectivity index (χ1v) is 4.22. The first-order valence-electron chi connectivity index (χ1n) is 4.22. The van der Waals surface area contributed by atoms with Crippen molar-refractivity contribution in [1.82, 2.24) is 0 Å². The van der Waals surface area contributed by atoms with E-state index in [1.165, 1.54) is 6.92 Å². The predicted molar refractivity (Wildman–Crippen MR) is 49.2 cm³/mol. The van der Waals surface area contributed by atoms with Gasteiger partial charge in [-0.3, -0.25) is 4.79 Å². The Balaban J connectivity index is 3.24. The molecule has 0 amide bonds. The number of hydrogen-bond donors (Lipinski definition) is 1. The number of Topliss-reactive ketones (excluding diaryl/α,β-unsaturated/α-hetero) is 1. The summed E-state index contributed by atoms with van der Waals surface area (Å²) in [6, 6.07) is 2.08. The van der Waals surface area contributed by atoms with Crippen molar-refractivity contribution in [1.29, 1.82) is 0 Å². The van der Waals surface area contributed by atoms with Crippen LogP contribution in [0.5, 0.6) is 11.5 Å². The molecule has 0 radical (unpaired) electrons. The molecule has 0 aromatic heterocycles. The Morgan fingerprint density at radius 1 is 1.57 bits per heavy atom. The molecule has 0 atom stereocenters. The molecular formula is C10H11FO3. The van der Waals surface area contributed by atoms with Crippen LogP contribution in [0, 0.1) is 5.82 Å². The summed E-state index contributed by atoms with van der Waals surface area (Å²) in [5, 5.41) is 9.06. The summed E-state index contributed by atoms with van der Waals surface area (Å²) in [5.74, 6) is -1.45. The first-order chi connectivity index (χ1) is 6.56. The van der Waals surface area contributed by atoms with Crippen molar-refractivity contribution < 1.29 is 19.0 Å². The highest BCUT2D eigenvalue weighted by Gasteiger charge is 2.13. The molecule has 3 nitrogen and oxygen atoms in total. The molecule has 0 unspecified atom stereocenters. The smallest absolute Gasteiger partial charge is 0.168 e. The summed E-state index contributed by atoms with van der Waals surface area (Å²) < 4.78 is 18.0. The number of hydrogen-bond acceptors (Lipinski definition) is 3. The molecule has 4 heteroatoms. The van der Waals surface area contributed by atoms with Crippen molar-refractivity contribution >= 4 is 5.78 Å². The molecule has 0 spiro atoms. The summed E-state index contributed by atoms with van der Waals surface area (Å²) in [4.78, 5) is 11.1. The Labute approximate surface area is 81.1 Å². The monoisotopic (exact) mass is 198 g/mol. The lowest BCUT2D eigenvalue weighted by Gasteiger charge is -2.08. The normalized spacial score (nSPS) is 9.93. The summed E-state index contributed by atoms with van der Waals surface area (Å²) >= 11 is 0. The van der Waals surface area contributed by atoms with Gasteiger partial charge in [0.05, 0.1) is 12.2 Å². The zero-order valence-corrected chi connectivity index (χ0v) is 8.00. The van der Waals surface area contributed by atoms with Crippen molar-refractivity contribution in [2.45, 2.75) is 13.8 Å². The third-order valence-corrected chi connectivity index (χ3v) is 1.73. The van der Waals surface area contributed by atoms with Crippen LogP contribution < -0.4 is 4.74 Å². The Bertz CT molecular complexity index is 361. The Kier molecular flexibility index (Phi) is 3.06. The number of carbonyl (C=O) groups excluding carboxylic acids is 1. The molecule has 14 heavy (non-hydrogen) atoms. The molecule has 76 valence electrons. The second-order valence-electron chi connectivity index (χ2n) is 2.79. The highest BCUT2D eigenvalue weighted by molar-refractivity contribution is 5.97. The van der Waals surface area contributed by atoms with E-state index in [0.29, 0.717) is 6.61 Å². The van der Waals surface area contributed by atoms with Gasteiger partial charge in [-0.1, -0.05) is 0 Å². The summed E-state index contributed by atoms with van der Waals surface area (Å²) in [5.41, 5.74) is 0.186. The number of ketones is 1. The number of aromatic hydroxyl groups is 1. The van der Waals surface area contributed by atoms with Gasteiger partial charge in [-0.15, -0.1) is 0 Å². The molecule has 0 aliphatic heterocycles. The molecule has 0 heterocycles. The maximum atomic E-state index is 12.9. The molecule has 1 aromatic carbocycles. The third kappa shape index (κ3) is 2.02. The first kappa shape index (κ1) is 10.5. The van der Waals surface area contributed by atoms with Gasteiger partial charge in [0.25, 0.3) is 0 Å². The lowest BCUT2D eigenvalue weighted by atomic mass is 10.1. The van der Waals surface area contributed by atoms with Gasteiger partial charge in [-0.05, 0) is 19.9 Å². The van der Waals surface area contributed by atoms with Crippen molar-refractivity contribution in [2.75, 3.05) is 6.61 Å². The lowest BCUT2D eigenvalue weighted by Crippen LogP contribution is -2.01. The minimum atomic E-state index is -0.793. The van der Waals surface area contributed by atoms with Gasteiger partial charge in [0.1, 0.15) is 5.75 Å². The maximum absolute atomic E-state index is 12.9. The van der Waals surface area contributed by atoms with E-state index in [4.69, 9.17) is 9.84 Å². The molecule has 0 bridgehead atoms. The Morgan fingerprint density at radius 3 is 2.71 bits per heavy atom. The van der Waals surface area contributed by atoms with Gasteiger partial charge in [0.15, 0.2) is 17.3 Å². The minimum Gasteiger partial charge on any atom is -0.505 e. The summed E-state index contributed by atoms with van der Waals surface area (Å²) in [7, 11) is 0. The van der Waals surface area contributed by atoms with Crippen molar-refractivity contribution in [3.05, 3.63) is 23.5 Å². The number of halogens is 1. The molecular weight excluding hydrogens is 187 g/mol. The zero-order valence-electron chi connectivity index (χ0n) is 8.00. The van der Waals surface area contributed by atoms with Crippen LogP contribution in [0.1, 0.15) is 24.2 Å². The standard InChI is InChI=1S/C10H11FO3/c1-3-14-10-5-8(11)9(13)4-7(10)6(2)12/h4-5,13H,3H2,1-2H3. The molecule has 0 aliphatic rings. The largest absolute Gasteiger partial charge is 0.505 e. The number of ether oxygens (including phenoxy) is 1. The topological polar surface area (TPSA) is 46.5 Å². The lowest BCUT2D eigenvalue weighted by molar-refractivity contribution is 0.101. The van der Waals surface area contributed by atoms with Crippen LogP contribution in [0.2, 0.25) is 0 Å². The minimum absolute atomic E-state index is 0.162. The van der Waals surface area contributed by atoms with Crippen LogP contribution in [0.4, 0.5) is 4.39 Å². The van der Waals surface area contributed by atoms with E-state index >= 15 is 0 Å². The van der Waals surface area contributed by atoms with Crippen LogP contribution >= 0.6 is 0 Å². The fourth-order valence-electron chi connectivity index (χ4n) is 1.09. The molecule has 0 fully saturated rings. The van der Waals surface area contributed by atoms with E-state index in [-0.39, 0.29) is 17.1 Å². The van der Waals surface area contributed by atoms with Gasteiger partial charge in [-0.25, -0.2) is 4.39 Å². The van der Waals surface area contributed by atoms with E-state index in [0.717, 1.165) is 12.1 Å². The number of phenolic OH excluding ortho intramolecular Hbond substituents is 1. The summed E-state index contributed by atoms with van der Waals surface area (Å²) in [6.07, 6.45) is 0. The van der Waals surface area contributed by atoms with Crippen LogP contribution in [0.25, 0.3) is 0 Å². The second-order valence-corrected chi connectivity index (χ2v) is 2.79. The van der Waals surface area contributed by atoms with E-state index in [2.05, 4.69) is 0 Å². The maximum Gasteiger partial charge on any atom is 0.168 e. The molecule has 1 N–H and O–H groups in total. The third-order valence-electron chi connectivity index (χ3n) is 1.73. The SMILES string of the molecule is CCOc1cc(F)c(O)cc1C(C)=O. The zero-order chi connectivity index (χ0) is 10.7. The van der Waals surface area contributed by atoms with Crippen LogP contribution in [0.15, 0.2) is 12.1 Å². The quantitative estimate of drug-likeness (QED) is 0.757. The molecule has 0 saturated heterocycles.